The smallest absolute Gasteiger partial charge is 0.261 e. The van der Waals surface area contributed by atoms with Gasteiger partial charge in [-0.25, -0.2) is 9.97 Å². The summed E-state index contributed by atoms with van der Waals surface area (Å²) >= 11 is 1.33. The summed E-state index contributed by atoms with van der Waals surface area (Å²) in [6, 6.07) is 5.32. The molecule has 0 aromatic carbocycles. The van der Waals surface area contributed by atoms with E-state index in [-0.39, 0.29) is 12.5 Å². The number of aliphatic hydroxyl groups excluding tert-OH is 1. The molecule has 0 aliphatic heterocycles. The number of thiophene rings is 1. The van der Waals surface area contributed by atoms with Crippen molar-refractivity contribution in [3.8, 4) is 11.8 Å². The van der Waals surface area contributed by atoms with Gasteiger partial charge in [-0.15, -0.1) is 11.3 Å². The first kappa shape index (κ1) is 15.2. The van der Waals surface area contributed by atoms with Crippen LogP contribution >= 0.6 is 11.3 Å². The number of aryl methyl sites for hydroxylation is 1. The van der Waals surface area contributed by atoms with Crippen molar-refractivity contribution < 1.29 is 9.90 Å². The van der Waals surface area contributed by atoms with Gasteiger partial charge in [-0.3, -0.25) is 4.79 Å². The number of amides is 1. The van der Waals surface area contributed by atoms with Crippen LogP contribution in [0, 0.1) is 18.8 Å². The van der Waals surface area contributed by atoms with E-state index < -0.39 is 0 Å². The Morgan fingerprint density at radius 2 is 2.29 bits per heavy atom. The topological polar surface area (TPSA) is 75.1 Å². The average molecular weight is 301 g/mol. The quantitative estimate of drug-likeness (QED) is 0.839. The maximum Gasteiger partial charge on any atom is 0.261 e. The van der Waals surface area contributed by atoms with Crippen LogP contribution in [0.15, 0.2) is 24.4 Å². The molecule has 0 aliphatic carbocycles. The fraction of sp³-hybridized carbons (Fsp3) is 0.267. The van der Waals surface area contributed by atoms with Gasteiger partial charge in [-0.1, -0.05) is 11.8 Å². The summed E-state index contributed by atoms with van der Waals surface area (Å²) in [6.45, 7) is 2.22. The van der Waals surface area contributed by atoms with Crippen LogP contribution in [0.25, 0.3) is 0 Å². The summed E-state index contributed by atoms with van der Waals surface area (Å²) in [6.07, 6.45) is 2.11. The van der Waals surface area contributed by atoms with Gasteiger partial charge in [-0.05, 0) is 25.1 Å². The van der Waals surface area contributed by atoms with Gasteiger partial charge in [0, 0.05) is 12.6 Å². The first-order valence-electron chi connectivity index (χ1n) is 6.45. The standard InChI is InChI=1S/C15H15N3O2S/c1-11-16-8-7-12(18-11)10-17-15(20)14-6-5-13(21-14)4-2-3-9-19/h5-8,19H,3,9-10H2,1H3,(H,17,20). The van der Waals surface area contributed by atoms with E-state index in [1.165, 1.54) is 11.3 Å². The number of hydrogen-bond acceptors (Lipinski definition) is 5. The second kappa shape index (κ2) is 7.53. The van der Waals surface area contributed by atoms with E-state index in [0.29, 0.717) is 23.7 Å². The van der Waals surface area contributed by atoms with Crippen LogP contribution in [-0.4, -0.2) is 27.6 Å². The lowest BCUT2D eigenvalue weighted by atomic mass is 10.3. The van der Waals surface area contributed by atoms with E-state index in [1.54, 1.807) is 24.4 Å². The minimum Gasteiger partial charge on any atom is -0.395 e. The highest BCUT2D eigenvalue weighted by Gasteiger charge is 2.08. The van der Waals surface area contributed by atoms with E-state index in [1.807, 2.05) is 6.92 Å². The molecule has 5 nitrogen and oxygen atoms in total. The molecule has 2 N–H and O–H groups in total. The first-order chi connectivity index (χ1) is 10.2. The molecule has 2 aromatic rings. The molecule has 0 aliphatic rings. The third-order valence-electron chi connectivity index (χ3n) is 2.54. The number of carbonyl (C=O) groups excluding carboxylic acids is 1. The second-order valence-electron chi connectivity index (χ2n) is 4.22. The predicted octanol–water partition coefficient (Wildman–Crippen LogP) is 1.51. The Bertz CT molecular complexity index is 685. The molecule has 108 valence electrons. The molecule has 2 aromatic heterocycles. The van der Waals surface area contributed by atoms with Crippen molar-refractivity contribution in [3.05, 3.63) is 45.7 Å². The number of carbonyl (C=O) groups is 1. The minimum atomic E-state index is -0.147. The molecule has 0 unspecified atom stereocenters. The molecular weight excluding hydrogens is 286 g/mol. The highest BCUT2D eigenvalue weighted by molar-refractivity contribution is 7.14. The molecule has 2 heterocycles. The van der Waals surface area contributed by atoms with Crippen LogP contribution in [0.4, 0.5) is 0 Å². The molecule has 2 rings (SSSR count). The van der Waals surface area contributed by atoms with E-state index >= 15 is 0 Å². The third-order valence-corrected chi connectivity index (χ3v) is 3.54. The highest BCUT2D eigenvalue weighted by atomic mass is 32.1. The lowest BCUT2D eigenvalue weighted by molar-refractivity contribution is 0.0954. The van der Waals surface area contributed by atoms with E-state index in [0.717, 1.165) is 10.6 Å². The monoisotopic (exact) mass is 301 g/mol. The number of nitrogens with zero attached hydrogens (tertiary/aromatic N) is 2. The van der Waals surface area contributed by atoms with Crippen molar-refractivity contribution in [3.63, 3.8) is 0 Å². The maximum atomic E-state index is 12.0. The van der Waals surface area contributed by atoms with Crippen LogP contribution in [0.2, 0.25) is 0 Å². The van der Waals surface area contributed by atoms with Gasteiger partial charge in [0.25, 0.3) is 5.91 Å². The van der Waals surface area contributed by atoms with Gasteiger partial charge in [0.05, 0.1) is 28.6 Å². The Hall–Kier alpha value is -2.23. The van der Waals surface area contributed by atoms with Crippen molar-refractivity contribution in [1.82, 2.24) is 15.3 Å². The number of nitrogens with one attached hydrogen (secondary N) is 1. The molecule has 0 atom stereocenters. The van der Waals surface area contributed by atoms with Gasteiger partial charge in [0.1, 0.15) is 5.82 Å². The first-order valence-corrected chi connectivity index (χ1v) is 7.27. The van der Waals surface area contributed by atoms with Crippen molar-refractivity contribution >= 4 is 17.2 Å². The molecule has 0 saturated carbocycles. The zero-order chi connectivity index (χ0) is 15.1. The lowest BCUT2D eigenvalue weighted by Crippen LogP contribution is -2.22. The maximum absolute atomic E-state index is 12.0. The second-order valence-corrected chi connectivity index (χ2v) is 5.30. The fourth-order valence-corrected chi connectivity index (χ4v) is 2.39. The minimum absolute atomic E-state index is 0.0457. The summed E-state index contributed by atoms with van der Waals surface area (Å²) < 4.78 is 0. The third kappa shape index (κ3) is 4.67. The van der Waals surface area contributed by atoms with Crippen molar-refractivity contribution in [2.75, 3.05) is 6.61 Å². The molecule has 0 radical (unpaired) electrons. The van der Waals surface area contributed by atoms with E-state index in [2.05, 4.69) is 27.1 Å². The number of aliphatic hydroxyl groups is 1. The summed E-state index contributed by atoms with van der Waals surface area (Å²) in [5, 5.41) is 11.5. The van der Waals surface area contributed by atoms with Crippen LogP contribution in [0.3, 0.4) is 0 Å². The summed E-state index contributed by atoms with van der Waals surface area (Å²) in [7, 11) is 0. The molecule has 21 heavy (non-hydrogen) atoms. The summed E-state index contributed by atoms with van der Waals surface area (Å²) in [4.78, 5) is 21.7. The van der Waals surface area contributed by atoms with E-state index in [9.17, 15) is 4.79 Å². The number of rotatable bonds is 4. The fourth-order valence-electron chi connectivity index (χ4n) is 1.59. The molecule has 0 saturated heterocycles. The molecule has 1 amide bonds. The largest absolute Gasteiger partial charge is 0.395 e. The lowest BCUT2D eigenvalue weighted by Gasteiger charge is -2.03. The van der Waals surface area contributed by atoms with Crippen LogP contribution < -0.4 is 5.32 Å². The average Bonchev–Trinajstić information content (AvgIpc) is 2.94. The Morgan fingerprint density at radius 1 is 1.43 bits per heavy atom. The zero-order valence-corrected chi connectivity index (χ0v) is 12.4. The molecule has 0 spiro atoms. The summed E-state index contributed by atoms with van der Waals surface area (Å²) in [5.74, 6) is 6.27. The van der Waals surface area contributed by atoms with Crippen LogP contribution in [0.5, 0.6) is 0 Å². The number of hydrogen-bond donors (Lipinski definition) is 2. The van der Waals surface area contributed by atoms with Gasteiger partial charge < -0.3 is 10.4 Å². The van der Waals surface area contributed by atoms with Crippen molar-refractivity contribution in [2.45, 2.75) is 19.9 Å². The molecule has 0 fully saturated rings. The Balaban J connectivity index is 1.93. The van der Waals surface area contributed by atoms with Crippen molar-refractivity contribution in [2.24, 2.45) is 0 Å². The van der Waals surface area contributed by atoms with Crippen LogP contribution in [-0.2, 0) is 6.54 Å². The van der Waals surface area contributed by atoms with Gasteiger partial charge in [0.15, 0.2) is 0 Å². The van der Waals surface area contributed by atoms with Gasteiger partial charge in [0.2, 0.25) is 0 Å². The summed E-state index contributed by atoms with van der Waals surface area (Å²) in [5.41, 5.74) is 0.773. The molecule has 0 bridgehead atoms. The molecule has 6 heteroatoms. The van der Waals surface area contributed by atoms with Gasteiger partial charge in [-0.2, -0.15) is 0 Å². The van der Waals surface area contributed by atoms with Crippen molar-refractivity contribution in [1.29, 1.82) is 0 Å². The normalized spacial score (nSPS) is 9.81. The Kier molecular flexibility index (Phi) is 5.43. The molecular formula is C15H15N3O2S. The highest BCUT2D eigenvalue weighted by Crippen LogP contribution is 2.15. The Labute approximate surface area is 127 Å². The van der Waals surface area contributed by atoms with Gasteiger partial charge >= 0.3 is 0 Å². The SMILES string of the molecule is Cc1nccc(CNC(=O)c2ccc(C#CCCO)s2)n1. The van der Waals surface area contributed by atoms with Crippen LogP contribution in [0.1, 0.15) is 32.5 Å². The van der Waals surface area contributed by atoms with E-state index in [4.69, 9.17) is 5.11 Å². The number of aromatic nitrogens is 2. The predicted molar refractivity (Wildman–Crippen MR) is 80.8 cm³/mol. The zero-order valence-electron chi connectivity index (χ0n) is 11.6. The Morgan fingerprint density at radius 3 is 3.05 bits per heavy atom.